The summed E-state index contributed by atoms with van der Waals surface area (Å²) in [4.78, 5) is 14.2. The normalized spacial score (nSPS) is 15.2. The number of aromatic nitrogens is 1. The van der Waals surface area contributed by atoms with Crippen molar-refractivity contribution in [1.82, 2.24) is 9.29 Å². The molecule has 2 aromatic rings. The highest BCUT2D eigenvalue weighted by Crippen LogP contribution is 2.32. The number of aliphatic carboxylic acids is 1. The van der Waals surface area contributed by atoms with Crippen LogP contribution in [0.3, 0.4) is 0 Å². The van der Waals surface area contributed by atoms with Crippen LogP contribution in [0.4, 0.5) is 8.78 Å². The average molecular weight is 433 g/mol. The molecule has 0 amide bonds. The van der Waals surface area contributed by atoms with E-state index in [4.69, 9.17) is 15.1 Å². The number of nitriles is 1. The van der Waals surface area contributed by atoms with Crippen molar-refractivity contribution in [2.24, 2.45) is 0 Å². The van der Waals surface area contributed by atoms with Gasteiger partial charge in [0.2, 0.25) is 10.0 Å². The number of pyridine rings is 1. The molecule has 0 aliphatic carbocycles. The van der Waals surface area contributed by atoms with Gasteiger partial charge in [-0.05, 0) is 24.3 Å². The Kier molecular flexibility index (Phi) is 5.69. The summed E-state index contributed by atoms with van der Waals surface area (Å²) < 4.78 is 56.6. The van der Waals surface area contributed by atoms with Crippen LogP contribution in [-0.4, -0.2) is 54.4 Å². The monoisotopic (exact) mass is 433 g/mol. The number of nitrogens with zero attached hydrogens (tertiary/aromatic N) is 3. The van der Waals surface area contributed by atoms with Crippen molar-refractivity contribution in [1.29, 1.82) is 5.26 Å². The van der Waals surface area contributed by atoms with Gasteiger partial charge >= 0.3 is 5.97 Å². The van der Waals surface area contributed by atoms with Gasteiger partial charge in [-0.15, -0.1) is 0 Å². The third-order valence-corrected chi connectivity index (χ3v) is 5.72. The summed E-state index contributed by atoms with van der Waals surface area (Å²) in [7, 11) is -4.13. The molecule has 0 bridgehead atoms. The van der Waals surface area contributed by atoms with Crippen LogP contribution in [0.1, 0.15) is 16.7 Å². The lowest BCUT2D eigenvalue weighted by Gasteiger charge is -2.37. The molecule has 2 heterocycles. The number of hydrogen-bond acceptors (Lipinski definition) is 6. The van der Waals surface area contributed by atoms with Crippen LogP contribution < -0.4 is 4.74 Å². The Morgan fingerprint density at radius 1 is 1.23 bits per heavy atom. The fraction of sp³-hybridized carbons (Fsp3) is 0.211. The first kappa shape index (κ1) is 21.2. The third-order valence-electron chi connectivity index (χ3n) is 3.97. The van der Waals surface area contributed by atoms with Crippen LogP contribution in [-0.2, 0) is 14.8 Å². The van der Waals surface area contributed by atoms with Crippen LogP contribution >= 0.6 is 0 Å². The van der Waals surface area contributed by atoms with Gasteiger partial charge in [-0.2, -0.15) is 9.57 Å². The van der Waals surface area contributed by atoms with Crippen LogP contribution in [0.5, 0.6) is 5.75 Å². The Morgan fingerprint density at radius 2 is 1.97 bits per heavy atom. The lowest BCUT2D eigenvalue weighted by atomic mass is 10.1. The van der Waals surface area contributed by atoms with E-state index in [1.54, 1.807) is 0 Å². The predicted octanol–water partition coefficient (Wildman–Crippen LogP) is 1.46. The minimum absolute atomic E-state index is 0.128. The number of halogens is 2. The maximum Gasteiger partial charge on any atom is 0.341 e. The van der Waals surface area contributed by atoms with Crippen LogP contribution in [0, 0.1) is 23.2 Å². The second kappa shape index (κ2) is 8.06. The number of benzene rings is 1. The molecule has 154 valence electrons. The van der Waals surface area contributed by atoms with E-state index in [-0.39, 0.29) is 27.3 Å². The summed E-state index contributed by atoms with van der Waals surface area (Å²) in [5, 5.41) is 17.8. The summed E-state index contributed by atoms with van der Waals surface area (Å²) in [6.45, 7) is -2.40. The van der Waals surface area contributed by atoms with Gasteiger partial charge < -0.3 is 9.84 Å². The van der Waals surface area contributed by atoms with Crippen LogP contribution in [0.2, 0.25) is 0 Å². The zero-order valence-corrected chi connectivity index (χ0v) is 16.0. The first-order valence-electron chi connectivity index (χ1n) is 8.34. The van der Waals surface area contributed by atoms with E-state index in [2.05, 4.69) is 16.8 Å². The van der Waals surface area contributed by atoms with Crippen molar-refractivity contribution in [2.75, 3.05) is 19.7 Å². The summed E-state index contributed by atoms with van der Waals surface area (Å²) >= 11 is 0. The zero-order chi connectivity index (χ0) is 21.9. The van der Waals surface area contributed by atoms with Gasteiger partial charge in [-0.25, -0.2) is 22.0 Å². The van der Waals surface area contributed by atoms with E-state index in [9.17, 15) is 22.0 Å². The molecule has 1 N–H and O–H groups in total. The number of ether oxygens (including phenoxy) is 1. The number of carboxylic acid groups (broad SMARTS) is 1. The minimum atomic E-state index is -4.13. The number of rotatable bonds is 5. The smallest absolute Gasteiger partial charge is 0.341 e. The highest BCUT2D eigenvalue weighted by Gasteiger charge is 2.49. The number of alkyl halides is 2. The molecule has 1 saturated heterocycles. The Hall–Kier alpha value is -3.54. The van der Waals surface area contributed by atoms with E-state index in [1.165, 1.54) is 30.5 Å². The van der Waals surface area contributed by atoms with Gasteiger partial charge in [0.15, 0.2) is 6.61 Å². The largest absolute Gasteiger partial charge is 0.481 e. The SMILES string of the molecule is N#Cc1ccc(OCC(=O)O)c(C#Cc2cncc(S(=O)(=O)N3CC(F)(F)C3)c2)c1. The second-order valence-electron chi connectivity index (χ2n) is 6.29. The fourth-order valence-electron chi connectivity index (χ4n) is 2.52. The molecule has 1 aromatic heterocycles. The first-order chi connectivity index (χ1) is 14.1. The molecule has 0 radical (unpaired) electrons. The van der Waals surface area contributed by atoms with Crippen molar-refractivity contribution < 1.29 is 31.8 Å². The maximum atomic E-state index is 13.0. The van der Waals surface area contributed by atoms with Gasteiger partial charge in [0, 0.05) is 18.0 Å². The number of sulfonamides is 1. The zero-order valence-electron chi connectivity index (χ0n) is 15.2. The Balaban J connectivity index is 1.89. The first-order valence-corrected chi connectivity index (χ1v) is 9.78. The summed E-state index contributed by atoms with van der Waals surface area (Å²) in [6, 6.07) is 7.33. The van der Waals surface area contributed by atoms with Gasteiger partial charge in [0.1, 0.15) is 10.6 Å². The standard InChI is InChI=1S/C19H13F2N3O5S/c20-19(21)11-24(12-19)30(27,28)16-6-14(8-23-9-16)1-3-15-5-13(7-22)2-4-17(15)29-10-18(25)26/h2,4-6,8-9H,10-12H2,(H,25,26). The topological polar surface area (TPSA) is 121 Å². The molecule has 3 rings (SSSR count). The van der Waals surface area contributed by atoms with Gasteiger partial charge in [-0.1, -0.05) is 11.8 Å². The Bertz CT molecular complexity index is 1200. The third kappa shape index (κ3) is 4.71. The highest BCUT2D eigenvalue weighted by molar-refractivity contribution is 7.89. The van der Waals surface area contributed by atoms with E-state index in [0.717, 1.165) is 6.20 Å². The van der Waals surface area contributed by atoms with Gasteiger partial charge in [0.25, 0.3) is 5.92 Å². The molecule has 0 spiro atoms. The molecule has 1 aliphatic heterocycles. The van der Waals surface area contributed by atoms with Crippen molar-refractivity contribution in [2.45, 2.75) is 10.8 Å². The molecular formula is C19H13F2N3O5S. The average Bonchev–Trinajstić information content (AvgIpc) is 2.69. The van der Waals surface area contributed by atoms with Crippen molar-refractivity contribution in [3.05, 3.63) is 53.3 Å². The lowest BCUT2D eigenvalue weighted by molar-refractivity contribution is -0.139. The second-order valence-corrected chi connectivity index (χ2v) is 8.23. The summed E-state index contributed by atoms with van der Waals surface area (Å²) in [6.07, 6.45) is 2.32. The molecule has 8 nitrogen and oxygen atoms in total. The molecule has 0 saturated carbocycles. The van der Waals surface area contributed by atoms with E-state index in [1.807, 2.05) is 6.07 Å². The number of carbonyl (C=O) groups is 1. The number of hydrogen-bond donors (Lipinski definition) is 1. The number of carboxylic acids is 1. The predicted molar refractivity (Wildman–Crippen MR) is 98.2 cm³/mol. The molecule has 11 heteroatoms. The van der Waals surface area contributed by atoms with E-state index >= 15 is 0 Å². The summed E-state index contributed by atoms with van der Waals surface area (Å²) in [5.41, 5.74) is 0.649. The van der Waals surface area contributed by atoms with E-state index < -0.39 is 41.6 Å². The van der Waals surface area contributed by atoms with Crippen LogP contribution in [0.15, 0.2) is 41.6 Å². The molecule has 1 aliphatic rings. The Labute approximate surface area is 170 Å². The van der Waals surface area contributed by atoms with Gasteiger partial charge in [-0.3, -0.25) is 4.98 Å². The van der Waals surface area contributed by atoms with E-state index in [0.29, 0.717) is 4.31 Å². The lowest BCUT2D eigenvalue weighted by Crippen LogP contribution is -2.58. The molecule has 30 heavy (non-hydrogen) atoms. The molecule has 1 aromatic carbocycles. The van der Waals surface area contributed by atoms with Crippen molar-refractivity contribution in [3.63, 3.8) is 0 Å². The highest BCUT2D eigenvalue weighted by atomic mass is 32.2. The van der Waals surface area contributed by atoms with Crippen molar-refractivity contribution in [3.8, 4) is 23.7 Å². The quantitative estimate of drug-likeness (QED) is 0.709. The molecule has 1 fully saturated rings. The maximum absolute atomic E-state index is 13.0. The van der Waals surface area contributed by atoms with Crippen molar-refractivity contribution >= 4 is 16.0 Å². The van der Waals surface area contributed by atoms with Gasteiger partial charge in [0.05, 0.1) is 30.3 Å². The molecule has 0 atom stereocenters. The summed E-state index contributed by atoms with van der Waals surface area (Å²) in [5.74, 6) is 1.24. The fourth-order valence-corrected chi connectivity index (χ4v) is 4.00. The molecule has 0 unspecified atom stereocenters. The molecular weight excluding hydrogens is 420 g/mol. The minimum Gasteiger partial charge on any atom is -0.481 e. The van der Waals surface area contributed by atoms with Crippen LogP contribution in [0.25, 0.3) is 0 Å². The Morgan fingerprint density at radius 3 is 2.60 bits per heavy atom.